The summed E-state index contributed by atoms with van der Waals surface area (Å²) in [5, 5.41) is 4.11. The third-order valence-electron chi connectivity index (χ3n) is 5.88. The molecule has 2 aromatic carbocycles. The molecule has 1 atom stereocenters. The Hall–Kier alpha value is -3.28. The summed E-state index contributed by atoms with van der Waals surface area (Å²) < 4.78 is 16.2. The molecular formula is C24H24N2O4. The topological polar surface area (TPSA) is 64.8 Å². The van der Waals surface area contributed by atoms with Crippen molar-refractivity contribution in [2.75, 3.05) is 19.9 Å². The Morgan fingerprint density at radius 1 is 1.00 bits per heavy atom. The van der Waals surface area contributed by atoms with E-state index in [2.05, 4.69) is 29.4 Å². The van der Waals surface area contributed by atoms with Gasteiger partial charge in [-0.3, -0.25) is 4.79 Å². The Morgan fingerprint density at radius 3 is 2.77 bits per heavy atom. The molecule has 1 unspecified atom stereocenters. The molecule has 0 saturated carbocycles. The zero-order valence-corrected chi connectivity index (χ0v) is 16.8. The van der Waals surface area contributed by atoms with Crippen LogP contribution in [-0.2, 0) is 6.42 Å². The van der Waals surface area contributed by atoms with Gasteiger partial charge in [0.2, 0.25) is 12.6 Å². The summed E-state index contributed by atoms with van der Waals surface area (Å²) in [7, 11) is 0. The van der Waals surface area contributed by atoms with E-state index in [0.717, 1.165) is 55.1 Å². The van der Waals surface area contributed by atoms with Crippen molar-refractivity contribution in [3.8, 4) is 11.5 Å². The van der Waals surface area contributed by atoms with E-state index < -0.39 is 0 Å². The quantitative estimate of drug-likeness (QED) is 0.645. The van der Waals surface area contributed by atoms with Crippen LogP contribution < -0.4 is 9.47 Å². The van der Waals surface area contributed by atoms with Crippen LogP contribution in [0.2, 0.25) is 0 Å². The molecule has 1 amide bonds. The average Bonchev–Trinajstić information content (AvgIpc) is 3.37. The Morgan fingerprint density at radius 2 is 1.87 bits per heavy atom. The monoisotopic (exact) mass is 404 g/mol. The van der Waals surface area contributed by atoms with E-state index in [4.69, 9.17) is 14.0 Å². The standard InChI is InChI=1S/C24H24N2O4/c27-24(26-11-4-7-19(10-12-26)18-5-2-1-3-6-18)23-15-20(25-30-23)13-17-8-9-21-22(14-17)29-16-28-21/h1-3,5-6,8-9,14-15,19H,4,7,10-13,16H2. The number of fused-ring (bicyclic) bond motifs is 1. The van der Waals surface area contributed by atoms with Gasteiger partial charge in [0, 0.05) is 25.6 Å². The van der Waals surface area contributed by atoms with Crippen molar-refractivity contribution in [3.63, 3.8) is 0 Å². The SMILES string of the molecule is O=C(c1cc(Cc2ccc3c(c2)OCO3)no1)N1CCCC(c2ccccc2)CC1. The van der Waals surface area contributed by atoms with E-state index in [1.54, 1.807) is 6.07 Å². The molecule has 1 aromatic heterocycles. The number of hydrogen-bond acceptors (Lipinski definition) is 5. The molecule has 6 heteroatoms. The second kappa shape index (κ2) is 8.22. The maximum atomic E-state index is 13.0. The number of carbonyl (C=O) groups is 1. The van der Waals surface area contributed by atoms with Crippen LogP contribution in [-0.4, -0.2) is 35.8 Å². The third kappa shape index (κ3) is 3.90. The molecule has 0 spiro atoms. The lowest BCUT2D eigenvalue weighted by atomic mass is 9.92. The molecule has 6 nitrogen and oxygen atoms in total. The Balaban J connectivity index is 1.23. The van der Waals surface area contributed by atoms with Crippen LogP contribution in [0.5, 0.6) is 11.5 Å². The minimum atomic E-state index is -0.0758. The predicted octanol–water partition coefficient (Wildman–Crippen LogP) is 4.40. The van der Waals surface area contributed by atoms with Crippen LogP contribution in [0.15, 0.2) is 59.1 Å². The zero-order valence-electron chi connectivity index (χ0n) is 16.8. The van der Waals surface area contributed by atoms with Gasteiger partial charge in [0.1, 0.15) is 0 Å². The number of hydrogen-bond donors (Lipinski definition) is 0. The van der Waals surface area contributed by atoms with Crippen LogP contribution in [0, 0.1) is 0 Å². The molecule has 2 aliphatic heterocycles. The molecule has 0 radical (unpaired) electrons. The highest BCUT2D eigenvalue weighted by atomic mass is 16.7. The highest BCUT2D eigenvalue weighted by Crippen LogP contribution is 2.33. The van der Waals surface area contributed by atoms with Crippen molar-refractivity contribution < 1.29 is 18.8 Å². The van der Waals surface area contributed by atoms with Gasteiger partial charge in [-0.15, -0.1) is 0 Å². The van der Waals surface area contributed by atoms with Crippen LogP contribution in [0.25, 0.3) is 0 Å². The fourth-order valence-electron chi connectivity index (χ4n) is 4.27. The Kier molecular flexibility index (Phi) is 5.13. The van der Waals surface area contributed by atoms with Gasteiger partial charge in [0.05, 0.1) is 5.69 Å². The summed E-state index contributed by atoms with van der Waals surface area (Å²) in [6.45, 7) is 1.74. The maximum absolute atomic E-state index is 13.0. The lowest BCUT2D eigenvalue weighted by molar-refractivity contribution is 0.0719. The van der Waals surface area contributed by atoms with Gasteiger partial charge in [0.15, 0.2) is 11.5 Å². The highest BCUT2D eigenvalue weighted by molar-refractivity contribution is 5.91. The molecule has 0 N–H and O–H groups in total. The number of rotatable bonds is 4. The minimum absolute atomic E-state index is 0.0758. The molecular weight excluding hydrogens is 380 g/mol. The van der Waals surface area contributed by atoms with Gasteiger partial charge in [-0.25, -0.2) is 0 Å². The third-order valence-corrected chi connectivity index (χ3v) is 5.88. The molecule has 30 heavy (non-hydrogen) atoms. The maximum Gasteiger partial charge on any atom is 0.292 e. The normalized spacial score (nSPS) is 18.3. The summed E-state index contributed by atoms with van der Waals surface area (Å²) in [5.74, 6) is 2.23. The first kappa shape index (κ1) is 18.7. The summed E-state index contributed by atoms with van der Waals surface area (Å²) in [6, 6.07) is 18.1. The fourth-order valence-corrected chi connectivity index (χ4v) is 4.27. The summed E-state index contributed by atoms with van der Waals surface area (Å²) >= 11 is 0. The number of carbonyl (C=O) groups excluding carboxylic acids is 1. The number of nitrogens with zero attached hydrogens (tertiary/aromatic N) is 2. The van der Waals surface area contributed by atoms with Gasteiger partial charge in [0.25, 0.3) is 5.91 Å². The number of amides is 1. The summed E-state index contributed by atoms with van der Waals surface area (Å²) in [6.07, 6.45) is 3.63. The number of aromatic nitrogens is 1. The first-order valence-corrected chi connectivity index (χ1v) is 10.4. The van der Waals surface area contributed by atoms with E-state index >= 15 is 0 Å². The molecule has 1 saturated heterocycles. The molecule has 0 aliphatic carbocycles. The minimum Gasteiger partial charge on any atom is -0.454 e. The van der Waals surface area contributed by atoms with E-state index in [9.17, 15) is 4.79 Å². The Bertz CT molecular complexity index is 1030. The average molecular weight is 404 g/mol. The van der Waals surface area contributed by atoms with Crippen LogP contribution >= 0.6 is 0 Å². The lowest BCUT2D eigenvalue weighted by Crippen LogP contribution is -2.31. The van der Waals surface area contributed by atoms with Crippen LogP contribution in [0.4, 0.5) is 0 Å². The molecule has 2 aliphatic rings. The lowest BCUT2D eigenvalue weighted by Gasteiger charge is -2.19. The molecule has 154 valence electrons. The molecule has 5 rings (SSSR count). The van der Waals surface area contributed by atoms with Gasteiger partial charge >= 0.3 is 0 Å². The number of benzene rings is 2. The molecule has 3 heterocycles. The fraction of sp³-hybridized carbons (Fsp3) is 0.333. The van der Waals surface area contributed by atoms with Crippen LogP contribution in [0.3, 0.4) is 0 Å². The second-order valence-corrected chi connectivity index (χ2v) is 7.88. The summed E-state index contributed by atoms with van der Waals surface area (Å²) in [5.41, 5.74) is 3.12. The van der Waals surface area contributed by atoms with Crippen LogP contribution in [0.1, 0.15) is 52.6 Å². The number of ether oxygens (including phenoxy) is 2. The van der Waals surface area contributed by atoms with Gasteiger partial charge in [-0.1, -0.05) is 41.6 Å². The largest absolute Gasteiger partial charge is 0.454 e. The van der Waals surface area contributed by atoms with Crippen molar-refractivity contribution in [3.05, 3.63) is 77.2 Å². The van der Waals surface area contributed by atoms with E-state index in [1.165, 1.54) is 5.56 Å². The highest BCUT2D eigenvalue weighted by Gasteiger charge is 2.25. The summed E-state index contributed by atoms with van der Waals surface area (Å²) in [4.78, 5) is 14.9. The predicted molar refractivity (Wildman–Crippen MR) is 111 cm³/mol. The van der Waals surface area contributed by atoms with Gasteiger partial charge in [-0.2, -0.15) is 0 Å². The van der Waals surface area contributed by atoms with E-state index in [1.807, 2.05) is 29.2 Å². The van der Waals surface area contributed by atoms with Crippen molar-refractivity contribution in [1.82, 2.24) is 10.1 Å². The van der Waals surface area contributed by atoms with E-state index in [-0.39, 0.29) is 12.7 Å². The Labute approximate surface area is 175 Å². The van der Waals surface area contributed by atoms with Crippen molar-refractivity contribution >= 4 is 5.91 Å². The van der Waals surface area contributed by atoms with Crippen molar-refractivity contribution in [2.45, 2.75) is 31.6 Å². The molecule has 1 fully saturated rings. The van der Waals surface area contributed by atoms with Crippen molar-refractivity contribution in [2.24, 2.45) is 0 Å². The smallest absolute Gasteiger partial charge is 0.292 e. The van der Waals surface area contributed by atoms with E-state index in [0.29, 0.717) is 18.1 Å². The zero-order chi connectivity index (χ0) is 20.3. The van der Waals surface area contributed by atoms with Crippen molar-refractivity contribution in [1.29, 1.82) is 0 Å². The van der Waals surface area contributed by atoms with Gasteiger partial charge in [-0.05, 0) is 48.4 Å². The first-order valence-electron chi connectivity index (χ1n) is 10.4. The molecule has 0 bridgehead atoms. The molecule has 3 aromatic rings. The van der Waals surface area contributed by atoms with Gasteiger partial charge < -0.3 is 18.9 Å². The number of likely N-dealkylation sites (tertiary alicyclic amines) is 1. The second-order valence-electron chi connectivity index (χ2n) is 7.88. The first-order chi connectivity index (χ1) is 14.8.